The van der Waals surface area contributed by atoms with E-state index in [4.69, 9.17) is 15.0 Å². The number of halogens is 1. The standard InChI is InChI=1S/C14H15FN2O3/c1-8-3-4-10(15)5-13(8)19-7-11-6-12(9(2)20-11)14(18)17-16/h3-6H,7,16H2,1-2H3,(H,17,18). The zero-order valence-corrected chi connectivity index (χ0v) is 11.2. The first kappa shape index (κ1) is 14.1. The molecule has 1 aromatic carbocycles. The van der Waals surface area contributed by atoms with Crippen LogP contribution in [0, 0.1) is 19.7 Å². The second kappa shape index (κ2) is 5.75. The van der Waals surface area contributed by atoms with E-state index in [1.165, 1.54) is 12.1 Å². The summed E-state index contributed by atoms with van der Waals surface area (Å²) in [5.41, 5.74) is 3.20. The fourth-order valence-corrected chi connectivity index (χ4v) is 1.80. The van der Waals surface area contributed by atoms with Gasteiger partial charge in [0.2, 0.25) is 0 Å². The SMILES string of the molecule is Cc1ccc(F)cc1OCc1cc(C(=O)NN)c(C)o1. The number of ether oxygens (including phenoxy) is 1. The van der Waals surface area contributed by atoms with E-state index in [0.29, 0.717) is 22.8 Å². The number of hydrogen-bond acceptors (Lipinski definition) is 4. The lowest BCUT2D eigenvalue weighted by molar-refractivity contribution is 0.0952. The number of hydrazine groups is 1. The highest BCUT2D eigenvalue weighted by Crippen LogP contribution is 2.21. The molecule has 0 saturated heterocycles. The minimum atomic E-state index is -0.431. The van der Waals surface area contributed by atoms with Gasteiger partial charge in [-0.3, -0.25) is 10.2 Å². The van der Waals surface area contributed by atoms with Crippen LogP contribution in [-0.2, 0) is 6.61 Å². The number of nitrogens with two attached hydrogens (primary N) is 1. The van der Waals surface area contributed by atoms with Gasteiger partial charge in [0.25, 0.3) is 5.91 Å². The molecule has 0 aliphatic rings. The van der Waals surface area contributed by atoms with E-state index in [0.717, 1.165) is 5.56 Å². The normalized spacial score (nSPS) is 10.4. The molecule has 0 aliphatic carbocycles. The van der Waals surface area contributed by atoms with Gasteiger partial charge in [0, 0.05) is 6.07 Å². The largest absolute Gasteiger partial charge is 0.485 e. The molecule has 0 radical (unpaired) electrons. The molecule has 0 saturated carbocycles. The van der Waals surface area contributed by atoms with Crippen molar-refractivity contribution in [3.63, 3.8) is 0 Å². The van der Waals surface area contributed by atoms with Crippen molar-refractivity contribution in [2.45, 2.75) is 20.5 Å². The summed E-state index contributed by atoms with van der Waals surface area (Å²) < 4.78 is 24.0. The van der Waals surface area contributed by atoms with Crippen molar-refractivity contribution in [2.24, 2.45) is 5.84 Å². The third kappa shape index (κ3) is 2.97. The number of furan rings is 1. The van der Waals surface area contributed by atoms with Crippen molar-refractivity contribution in [2.75, 3.05) is 0 Å². The Bertz CT molecular complexity index is 637. The van der Waals surface area contributed by atoms with E-state index in [-0.39, 0.29) is 12.4 Å². The molecule has 106 valence electrons. The van der Waals surface area contributed by atoms with E-state index >= 15 is 0 Å². The molecular weight excluding hydrogens is 263 g/mol. The average Bonchev–Trinajstić information content (AvgIpc) is 2.80. The van der Waals surface area contributed by atoms with Crippen molar-refractivity contribution < 1.29 is 18.3 Å². The first-order chi connectivity index (χ1) is 9.51. The molecule has 0 fully saturated rings. The van der Waals surface area contributed by atoms with Crippen LogP contribution in [0.25, 0.3) is 0 Å². The van der Waals surface area contributed by atoms with Gasteiger partial charge in [0.1, 0.15) is 29.7 Å². The van der Waals surface area contributed by atoms with Crippen molar-refractivity contribution in [3.8, 4) is 5.75 Å². The first-order valence-corrected chi connectivity index (χ1v) is 6.00. The Morgan fingerprint density at radius 2 is 2.15 bits per heavy atom. The molecule has 5 nitrogen and oxygen atoms in total. The minimum absolute atomic E-state index is 0.100. The van der Waals surface area contributed by atoms with Crippen LogP contribution in [0.5, 0.6) is 5.75 Å². The predicted octanol–water partition coefficient (Wildman–Crippen LogP) is 2.22. The van der Waals surface area contributed by atoms with Gasteiger partial charge in [-0.1, -0.05) is 6.07 Å². The van der Waals surface area contributed by atoms with Crippen LogP contribution in [0.4, 0.5) is 4.39 Å². The van der Waals surface area contributed by atoms with E-state index in [1.807, 2.05) is 12.3 Å². The number of carbonyl (C=O) groups is 1. The van der Waals surface area contributed by atoms with Crippen molar-refractivity contribution >= 4 is 5.91 Å². The lowest BCUT2D eigenvalue weighted by atomic mass is 10.2. The Morgan fingerprint density at radius 3 is 2.85 bits per heavy atom. The molecule has 6 heteroatoms. The molecule has 0 unspecified atom stereocenters. The lowest BCUT2D eigenvalue weighted by Crippen LogP contribution is -2.30. The third-order valence-corrected chi connectivity index (χ3v) is 2.86. The Morgan fingerprint density at radius 1 is 1.40 bits per heavy atom. The fraction of sp³-hybridized carbons (Fsp3) is 0.214. The van der Waals surface area contributed by atoms with Crippen LogP contribution in [0.15, 0.2) is 28.7 Å². The second-order valence-electron chi connectivity index (χ2n) is 4.35. The van der Waals surface area contributed by atoms with Gasteiger partial charge >= 0.3 is 0 Å². The molecule has 2 aromatic rings. The molecule has 20 heavy (non-hydrogen) atoms. The molecule has 1 amide bonds. The highest BCUT2D eigenvalue weighted by molar-refractivity contribution is 5.94. The van der Waals surface area contributed by atoms with Crippen molar-refractivity contribution in [1.82, 2.24) is 5.43 Å². The maximum atomic E-state index is 13.1. The average molecular weight is 278 g/mol. The Kier molecular flexibility index (Phi) is 4.05. The van der Waals surface area contributed by atoms with Gasteiger partial charge in [0.05, 0.1) is 5.56 Å². The Hall–Kier alpha value is -2.34. The van der Waals surface area contributed by atoms with Crippen LogP contribution >= 0.6 is 0 Å². The van der Waals surface area contributed by atoms with E-state index < -0.39 is 5.91 Å². The monoisotopic (exact) mass is 278 g/mol. The van der Waals surface area contributed by atoms with Crippen molar-refractivity contribution in [1.29, 1.82) is 0 Å². The second-order valence-corrected chi connectivity index (χ2v) is 4.35. The number of hydrogen-bond donors (Lipinski definition) is 2. The molecule has 0 spiro atoms. The number of rotatable bonds is 4. The summed E-state index contributed by atoms with van der Waals surface area (Å²) in [7, 11) is 0. The molecule has 1 aromatic heterocycles. The van der Waals surface area contributed by atoms with Gasteiger partial charge in [-0.05, 0) is 31.5 Å². The number of aryl methyl sites for hydroxylation is 2. The summed E-state index contributed by atoms with van der Waals surface area (Å²) in [6.45, 7) is 3.57. The zero-order valence-electron chi connectivity index (χ0n) is 11.2. The van der Waals surface area contributed by atoms with Gasteiger partial charge in [-0.25, -0.2) is 10.2 Å². The molecule has 0 aliphatic heterocycles. The number of nitrogens with one attached hydrogen (secondary N) is 1. The summed E-state index contributed by atoms with van der Waals surface area (Å²) in [5, 5.41) is 0. The quantitative estimate of drug-likeness (QED) is 0.510. The molecule has 3 N–H and O–H groups in total. The number of amides is 1. The van der Waals surface area contributed by atoms with Crippen molar-refractivity contribution in [3.05, 3.63) is 52.7 Å². The lowest BCUT2D eigenvalue weighted by Gasteiger charge is -2.07. The summed E-state index contributed by atoms with van der Waals surface area (Å²) in [4.78, 5) is 11.4. The fourth-order valence-electron chi connectivity index (χ4n) is 1.80. The van der Waals surface area contributed by atoms with Crippen LogP contribution < -0.4 is 16.0 Å². The topological polar surface area (TPSA) is 77.5 Å². The van der Waals surface area contributed by atoms with Gasteiger partial charge < -0.3 is 9.15 Å². The smallest absolute Gasteiger partial charge is 0.268 e. The molecule has 2 rings (SSSR count). The third-order valence-electron chi connectivity index (χ3n) is 2.86. The van der Waals surface area contributed by atoms with Gasteiger partial charge in [-0.15, -0.1) is 0 Å². The van der Waals surface area contributed by atoms with Crippen LogP contribution in [0.2, 0.25) is 0 Å². The van der Waals surface area contributed by atoms with Crippen LogP contribution in [0.1, 0.15) is 27.4 Å². The summed E-state index contributed by atoms with van der Waals surface area (Å²) in [6, 6.07) is 5.85. The Labute approximate surface area is 115 Å². The van der Waals surface area contributed by atoms with E-state index in [1.54, 1.807) is 19.1 Å². The highest BCUT2D eigenvalue weighted by Gasteiger charge is 2.14. The predicted molar refractivity (Wildman–Crippen MR) is 70.6 cm³/mol. The van der Waals surface area contributed by atoms with Gasteiger partial charge in [-0.2, -0.15) is 0 Å². The maximum absolute atomic E-state index is 13.1. The Balaban J connectivity index is 2.11. The molecule has 0 atom stereocenters. The number of benzene rings is 1. The van der Waals surface area contributed by atoms with E-state index in [2.05, 4.69) is 0 Å². The number of carbonyl (C=O) groups excluding carboxylic acids is 1. The van der Waals surface area contributed by atoms with Crippen LogP contribution in [0.3, 0.4) is 0 Å². The molecular formula is C14H15FN2O3. The summed E-state index contributed by atoms with van der Waals surface area (Å²) in [5.74, 6) is 5.61. The summed E-state index contributed by atoms with van der Waals surface area (Å²) in [6.07, 6.45) is 0. The highest BCUT2D eigenvalue weighted by atomic mass is 19.1. The van der Waals surface area contributed by atoms with Crippen LogP contribution in [-0.4, -0.2) is 5.91 Å². The molecule has 1 heterocycles. The summed E-state index contributed by atoms with van der Waals surface area (Å²) >= 11 is 0. The van der Waals surface area contributed by atoms with Gasteiger partial charge in [0.15, 0.2) is 0 Å². The first-order valence-electron chi connectivity index (χ1n) is 6.00. The molecule has 0 bridgehead atoms. The number of nitrogen functional groups attached to an aromatic ring is 1. The zero-order chi connectivity index (χ0) is 14.7. The van der Waals surface area contributed by atoms with E-state index in [9.17, 15) is 9.18 Å². The maximum Gasteiger partial charge on any atom is 0.268 e. The minimum Gasteiger partial charge on any atom is -0.485 e.